The Hall–Kier alpha value is -1.41. The minimum Gasteiger partial charge on any atom is -0.308 e. The molecule has 0 saturated heterocycles. The normalized spacial score (nSPS) is 20.8. The monoisotopic (exact) mass is 436 g/mol. The number of fused-ring (bicyclic) bond motifs is 1. The van der Waals surface area contributed by atoms with Gasteiger partial charge in [-0.15, -0.1) is 0 Å². The second kappa shape index (κ2) is 8.38. The molecule has 2 aliphatic rings. The first-order chi connectivity index (χ1) is 14.0. The smallest absolute Gasteiger partial charge is 0.211 e. The minimum absolute atomic E-state index is 0.0409. The van der Waals surface area contributed by atoms with Crippen LogP contribution in [0.3, 0.4) is 0 Å². The molecule has 0 spiro atoms. The van der Waals surface area contributed by atoms with Gasteiger partial charge >= 0.3 is 0 Å². The molecule has 2 N–H and O–H groups in total. The third-order valence-electron chi connectivity index (χ3n) is 6.31. The van der Waals surface area contributed by atoms with E-state index in [1.54, 1.807) is 0 Å². The van der Waals surface area contributed by atoms with Crippen LogP contribution in [0.15, 0.2) is 30.5 Å². The predicted molar refractivity (Wildman–Crippen MR) is 116 cm³/mol. The zero-order valence-corrected chi connectivity index (χ0v) is 18.4. The lowest BCUT2D eigenvalue weighted by Gasteiger charge is -2.50. The van der Waals surface area contributed by atoms with Crippen LogP contribution in [-0.2, 0) is 28.4 Å². The number of halogens is 1. The Kier molecular flexibility index (Phi) is 6.02. The third-order valence-corrected chi connectivity index (χ3v) is 8.15. The number of benzene rings is 1. The first-order valence-corrected chi connectivity index (χ1v) is 12.5. The van der Waals surface area contributed by atoms with Crippen molar-refractivity contribution < 1.29 is 8.42 Å². The fourth-order valence-corrected chi connectivity index (χ4v) is 5.99. The van der Waals surface area contributed by atoms with E-state index in [-0.39, 0.29) is 17.2 Å². The fourth-order valence-electron chi connectivity index (χ4n) is 4.78. The van der Waals surface area contributed by atoms with Gasteiger partial charge in [-0.05, 0) is 55.5 Å². The Balaban J connectivity index is 1.59. The molecule has 6 nitrogen and oxygen atoms in total. The van der Waals surface area contributed by atoms with Crippen LogP contribution in [-0.4, -0.2) is 37.0 Å². The summed E-state index contributed by atoms with van der Waals surface area (Å²) in [5, 5.41) is 9.12. The number of sulfonamides is 1. The van der Waals surface area contributed by atoms with E-state index in [0.717, 1.165) is 30.8 Å². The molecular weight excluding hydrogens is 408 g/mol. The van der Waals surface area contributed by atoms with Gasteiger partial charge in [0.05, 0.1) is 30.2 Å². The largest absolute Gasteiger partial charge is 0.308 e. The molecular formula is C21H29ClN4O2S. The van der Waals surface area contributed by atoms with Crippen molar-refractivity contribution >= 4 is 21.6 Å². The highest BCUT2D eigenvalue weighted by molar-refractivity contribution is 7.89. The van der Waals surface area contributed by atoms with E-state index in [2.05, 4.69) is 27.3 Å². The number of hydrogen-bond donors (Lipinski definition) is 2. The van der Waals surface area contributed by atoms with Crippen LogP contribution < -0.4 is 10.0 Å². The second-order valence-corrected chi connectivity index (χ2v) is 10.5. The van der Waals surface area contributed by atoms with Gasteiger partial charge in [-0.2, -0.15) is 5.10 Å². The summed E-state index contributed by atoms with van der Waals surface area (Å²) in [4.78, 5) is 0. The molecule has 4 rings (SSSR count). The predicted octanol–water partition coefficient (Wildman–Crippen LogP) is 3.17. The van der Waals surface area contributed by atoms with Gasteiger partial charge in [-0.1, -0.05) is 37.1 Å². The Labute approximate surface area is 178 Å². The van der Waals surface area contributed by atoms with Gasteiger partial charge < -0.3 is 5.32 Å². The molecule has 0 bridgehead atoms. The summed E-state index contributed by atoms with van der Waals surface area (Å²) in [6.07, 6.45) is 6.98. The Morgan fingerprint density at radius 2 is 2.07 bits per heavy atom. The molecule has 1 aliphatic carbocycles. The van der Waals surface area contributed by atoms with E-state index in [9.17, 15) is 8.42 Å². The lowest BCUT2D eigenvalue weighted by Crippen LogP contribution is -2.50. The summed E-state index contributed by atoms with van der Waals surface area (Å²) in [6, 6.07) is 8.42. The molecule has 1 aromatic heterocycles. The van der Waals surface area contributed by atoms with Gasteiger partial charge in [0, 0.05) is 17.0 Å². The first kappa shape index (κ1) is 20.8. The van der Waals surface area contributed by atoms with Crippen molar-refractivity contribution in [1.82, 2.24) is 19.8 Å². The van der Waals surface area contributed by atoms with E-state index < -0.39 is 10.0 Å². The van der Waals surface area contributed by atoms with Crippen LogP contribution >= 0.6 is 11.6 Å². The van der Waals surface area contributed by atoms with Crippen molar-refractivity contribution in [3.63, 3.8) is 0 Å². The lowest BCUT2D eigenvalue weighted by molar-refractivity contribution is 0.157. The molecule has 1 fully saturated rings. The summed E-state index contributed by atoms with van der Waals surface area (Å²) >= 11 is 6.13. The Morgan fingerprint density at radius 1 is 1.31 bits per heavy atom. The van der Waals surface area contributed by atoms with E-state index in [4.69, 9.17) is 11.6 Å². The molecule has 0 radical (unpaired) electrons. The molecule has 29 heavy (non-hydrogen) atoms. The zero-order valence-electron chi connectivity index (χ0n) is 16.8. The van der Waals surface area contributed by atoms with Crippen molar-refractivity contribution in [3.05, 3.63) is 52.3 Å². The topological polar surface area (TPSA) is 76.0 Å². The molecule has 1 aromatic carbocycles. The maximum absolute atomic E-state index is 12.0. The maximum atomic E-state index is 12.0. The van der Waals surface area contributed by atoms with E-state index >= 15 is 0 Å². The SMILES string of the molecule is CCCS(=O)(=O)NCCn1ncc2c1C(C1(c3ccc(Cl)cc3)CCC1)NCC2. The van der Waals surface area contributed by atoms with Crippen LogP contribution in [0.2, 0.25) is 5.02 Å². The highest BCUT2D eigenvalue weighted by Gasteiger charge is 2.48. The summed E-state index contributed by atoms with van der Waals surface area (Å²) in [5.41, 5.74) is 3.83. The number of nitrogens with one attached hydrogen (secondary N) is 2. The molecule has 1 unspecified atom stereocenters. The highest BCUT2D eigenvalue weighted by atomic mass is 35.5. The molecule has 2 aromatic rings. The van der Waals surface area contributed by atoms with E-state index in [0.29, 0.717) is 19.5 Å². The average molecular weight is 437 g/mol. The van der Waals surface area contributed by atoms with Gasteiger partial charge in [0.1, 0.15) is 0 Å². The molecule has 0 amide bonds. The lowest BCUT2D eigenvalue weighted by atomic mass is 9.58. The molecule has 1 aliphatic heterocycles. The van der Waals surface area contributed by atoms with Crippen molar-refractivity contribution in [1.29, 1.82) is 0 Å². The number of nitrogens with zero attached hydrogens (tertiary/aromatic N) is 2. The van der Waals surface area contributed by atoms with Gasteiger partial charge in [-0.25, -0.2) is 13.1 Å². The molecule has 2 heterocycles. The van der Waals surface area contributed by atoms with Crippen LogP contribution in [0.4, 0.5) is 0 Å². The van der Waals surface area contributed by atoms with Gasteiger partial charge in [0.2, 0.25) is 10.0 Å². The number of hydrogen-bond acceptors (Lipinski definition) is 4. The van der Waals surface area contributed by atoms with E-state index in [1.807, 2.05) is 29.9 Å². The second-order valence-electron chi connectivity index (χ2n) is 8.15. The van der Waals surface area contributed by atoms with Crippen LogP contribution in [0.25, 0.3) is 0 Å². The quantitative estimate of drug-likeness (QED) is 0.666. The van der Waals surface area contributed by atoms with Gasteiger partial charge in [0.25, 0.3) is 0 Å². The van der Waals surface area contributed by atoms with Crippen LogP contribution in [0.5, 0.6) is 0 Å². The summed E-state index contributed by atoms with van der Waals surface area (Å²) in [6.45, 7) is 3.69. The molecule has 1 atom stereocenters. The van der Waals surface area contributed by atoms with Gasteiger partial charge in [-0.3, -0.25) is 4.68 Å². The molecule has 158 valence electrons. The third kappa shape index (κ3) is 4.10. The molecule has 1 saturated carbocycles. The first-order valence-electron chi connectivity index (χ1n) is 10.5. The van der Waals surface area contributed by atoms with Crippen LogP contribution in [0, 0.1) is 0 Å². The van der Waals surface area contributed by atoms with Crippen LogP contribution in [0.1, 0.15) is 55.5 Å². The summed E-state index contributed by atoms with van der Waals surface area (Å²) in [7, 11) is -3.21. The van der Waals surface area contributed by atoms with Crippen molar-refractivity contribution in [2.75, 3.05) is 18.8 Å². The van der Waals surface area contributed by atoms with Gasteiger partial charge in [0.15, 0.2) is 0 Å². The molecule has 8 heteroatoms. The fraction of sp³-hybridized carbons (Fsp3) is 0.571. The number of aromatic nitrogens is 2. The minimum atomic E-state index is -3.21. The van der Waals surface area contributed by atoms with Crippen molar-refractivity contribution in [2.24, 2.45) is 0 Å². The Bertz CT molecular complexity index is 952. The zero-order chi connectivity index (χ0) is 20.5. The maximum Gasteiger partial charge on any atom is 0.211 e. The standard InChI is InChI=1S/C21H29ClN4O2S/c1-2-14-29(27,28)25-12-13-26-19-16(15-24-26)8-11-23-20(19)21(9-3-10-21)17-4-6-18(22)7-5-17/h4-7,15,20,23,25H,2-3,8-14H2,1H3. The van der Waals surface area contributed by atoms with Crippen molar-refractivity contribution in [3.8, 4) is 0 Å². The van der Waals surface area contributed by atoms with E-state index in [1.165, 1.54) is 23.2 Å². The highest BCUT2D eigenvalue weighted by Crippen LogP contribution is 2.53. The number of rotatable bonds is 8. The summed E-state index contributed by atoms with van der Waals surface area (Å²) in [5.74, 6) is 0.161. The van der Waals surface area contributed by atoms with Crippen molar-refractivity contribution in [2.45, 2.75) is 57.0 Å². The Morgan fingerprint density at radius 3 is 2.72 bits per heavy atom. The average Bonchev–Trinajstić information content (AvgIpc) is 3.06. The summed E-state index contributed by atoms with van der Waals surface area (Å²) < 4.78 is 28.6.